The van der Waals surface area contributed by atoms with Crippen molar-refractivity contribution in [2.75, 3.05) is 19.8 Å². The van der Waals surface area contributed by atoms with Gasteiger partial charge in [-0.15, -0.1) is 6.58 Å². The van der Waals surface area contributed by atoms with Crippen molar-refractivity contribution in [2.45, 2.75) is 82.5 Å². The Labute approximate surface area is 427 Å². The van der Waals surface area contributed by atoms with Crippen LogP contribution in [0.2, 0.25) is 0 Å². The fourth-order valence-corrected chi connectivity index (χ4v) is 10.5. The molecule has 6 atom stereocenters. The molecule has 0 bridgehead atoms. The summed E-state index contributed by atoms with van der Waals surface area (Å²) < 4.78 is 50.2. The van der Waals surface area contributed by atoms with Crippen LogP contribution in [0, 0.1) is 49.6 Å². The van der Waals surface area contributed by atoms with Crippen LogP contribution < -0.4 is 9.47 Å². The largest absolute Gasteiger partial charge is 0.489 e. The summed E-state index contributed by atoms with van der Waals surface area (Å²) in [6.07, 6.45) is 10.5. The highest BCUT2D eigenvalue weighted by atomic mass is 19.1. The summed E-state index contributed by atoms with van der Waals surface area (Å²) in [5.41, 5.74) is 3.85. The van der Waals surface area contributed by atoms with Gasteiger partial charge in [0, 0.05) is 73.6 Å². The highest BCUT2D eigenvalue weighted by Crippen LogP contribution is 2.62. The number of ether oxygens (including phenoxy) is 3. The summed E-state index contributed by atoms with van der Waals surface area (Å²) in [4.78, 5) is 44.9. The minimum Gasteiger partial charge on any atom is -0.489 e. The van der Waals surface area contributed by atoms with Crippen LogP contribution >= 0.6 is 0 Å². The number of nitro groups is 2. The van der Waals surface area contributed by atoms with Gasteiger partial charge in [-0.3, -0.25) is 25.0 Å². The molecule has 3 aliphatic rings. The van der Waals surface area contributed by atoms with Crippen molar-refractivity contribution in [2.24, 2.45) is 22.9 Å². The number of amides is 1. The maximum absolute atomic E-state index is 15.2. The number of oxime groups is 1. The Kier molecular flexibility index (Phi) is 17.4. The first-order valence-electron chi connectivity index (χ1n) is 24.7. The summed E-state index contributed by atoms with van der Waals surface area (Å²) in [5.74, 6) is -3.60. The number of benzene rings is 5. The Balaban J connectivity index is 1.32. The lowest BCUT2D eigenvalue weighted by atomic mass is 9.55. The van der Waals surface area contributed by atoms with E-state index in [2.05, 4.69) is 12.7 Å². The van der Waals surface area contributed by atoms with Gasteiger partial charge in [0.2, 0.25) is 11.7 Å². The maximum atomic E-state index is 15.2. The third kappa shape index (κ3) is 12.1. The fraction of sp³-hybridized carbons (Fsp3) is 0.333. The second-order valence-electron chi connectivity index (χ2n) is 18.6. The Hall–Kier alpha value is -7.60. The number of allylic oxidation sites excluding steroid dienone is 1. The molecule has 1 amide bonds. The second-order valence-corrected chi connectivity index (χ2v) is 18.6. The topological polar surface area (TPSA) is 196 Å². The van der Waals surface area contributed by atoms with E-state index in [9.17, 15) is 39.2 Å². The number of carbonyl (C=O) groups excluding carboxylic acids is 1. The molecule has 0 saturated heterocycles. The number of carbonyl (C=O) groups is 1. The number of nitrogens with zero attached hydrogens (tertiary/aromatic N) is 4. The van der Waals surface area contributed by atoms with Gasteiger partial charge in [0.1, 0.15) is 42.4 Å². The number of fused-ring (bicyclic) bond motifs is 2. The minimum atomic E-state index is -1.69. The van der Waals surface area contributed by atoms with E-state index in [1.165, 1.54) is 60.7 Å². The lowest BCUT2D eigenvalue weighted by Crippen LogP contribution is -2.70. The van der Waals surface area contributed by atoms with Crippen LogP contribution in [-0.4, -0.2) is 68.2 Å². The molecule has 2 aliphatic carbocycles. The average molecular weight is 1010 g/mol. The van der Waals surface area contributed by atoms with E-state index in [0.717, 1.165) is 11.1 Å². The number of aliphatic hydroxyl groups is 2. The molecule has 15 nitrogen and oxygen atoms in total. The van der Waals surface area contributed by atoms with E-state index < -0.39 is 51.1 Å². The smallest absolute Gasteiger partial charge is 0.269 e. The van der Waals surface area contributed by atoms with Crippen LogP contribution in [0.3, 0.4) is 0 Å². The first-order chi connectivity index (χ1) is 35.9. The molecule has 1 aliphatic heterocycles. The molecule has 5 aromatic carbocycles. The lowest BCUT2D eigenvalue weighted by molar-refractivity contribution is -0.385. The Morgan fingerprint density at radius 3 is 2.20 bits per heavy atom. The van der Waals surface area contributed by atoms with E-state index in [0.29, 0.717) is 78.0 Å². The number of non-ortho nitro benzene ring substituents is 2. The maximum Gasteiger partial charge on any atom is 0.269 e. The summed E-state index contributed by atoms with van der Waals surface area (Å²) in [6.45, 7) is 3.78. The summed E-state index contributed by atoms with van der Waals surface area (Å²) in [7, 11) is 0. The van der Waals surface area contributed by atoms with Crippen molar-refractivity contribution in [1.82, 2.24) is 4.90 Å². The van der Waals surface area contributed by atoms with Gasteiger partial charge in [-0.1, -0.05) is 60.5 Å². The van der Waals surface area contributed by atoms with Gasteiger partial charge in [0.15, 0.2) is 0 Å². The monoisotopic (exact) mass is 1010 g/mol. The first kappa shape index (κ1) is 52.7. The molecule has 1 heterocycles. The highest BCUT2D eigenvalue weighted by Gasteiger charge is 2.65. The van der Waals surface area contributed by atoms with Crippen molar-refractivity contribution in [1.29, 1.82) is 0 Å². The van der Waals surface area contributed by atoms with Crippen molar-refractivity contribution in [3.63, 3.8) is 0 Å². The summed E-state index contributed by atoms with van der Waals surface area (Å²) in [6, 6.07) is 28.2. The van der Waals surface area contributed by atoms with Crippen molar-refractivity contribution >= 4 is 29.1 Å². The van der Waals surface area contributed by atoms with E-state index >= 15 is 4.79 Å². The van der Waals surface area contributed by atoms with Crippen LogP contribution in [0.15, 0.2) is 151 Å². The second kappa shape index (κ2) is 24.4. The molecular weight excluding hydrogens is 955 g/mol. The first-order valence-corrected chi connectivity index (χ1v) is 24.7. The molecule has 386 valence electrons. The SMILES string of the molecule is C=CCO[C@@]12Oc3ccc(OCc4ccccc4F)cc3[C@H]3[C@H](CCCCO)[C@@H](CCCCO)C=C(C(=NOCc4ccc([N+](=O)[O-])cc4)C[C@@H]1N(Cc1ccc(F)cc1)C(=O)C=Cc1ccc([N+](=O)[O-])cc1)[C@H]32. The predicted molar refractivity (Wildman–Crippen MR) is 273 cm³/mol. The van der Waals surface area contributed by atoms with Crippen LogP contribution in [0.25, 0.3) is 6.08 Å². The number of hydrogen-bond acceptors (Lipinski definition) is 12. The number of unbranched alkanes of at least 4 members (excludes halogenated alkanes) is 2. The normalized spacial score (nSPS) is 21.2. The molecule has 0 unspecified atom stereocenters. The molecule has 1 fully saturated rings. The fourth-order valence-electron chi connectivity index (χ4n) is 10.5. The van der Waals surface area contributed by atoms with Gasteiger partial charge in [0.05, 0.1) is 28.1 Å². The molecule has 0 radical (unpaired) electrons. The zero-order chi connectivity index (χ0) is 52.2. The van der Waals surface area contributed by atoms with Gasteiger partial charge in [-0.25, -0.2) is 8.78 Å². The third-order valence-corrected chi connectivity index (χ3v) is 14.0. The predicted octanol–water partition coefficient (Wildman–Crippen LogP) is 10.9. The standard InChI is InChI=1S/C57H58F2N4O11/c1-2-31-72-57-53(61(35-39-13-20-43(58)21-14-39)54(66)28-19-38-15-22-44(23-16-38)62(67)68)34-51(60-73-36-40-17-24-45(25-18-40)63(69)70)48-32-41(9-5-7-29-64)47(11-6-8-30-65)55(56(48)57)49-33-46(26-27-52(49)74-57)71-37-42-10-3-4-12-50(42)59/h2-4,10,12-28,32-33,41,47,53,55-56,64-65H,1,5-9,11,29-31,34-37H2/t41-,47+,53-,55+,56+,57+/m0/s1. The molecule has 8 rings (SSSR count). The van der Waals surface area contributed by atoms with E-state index in [4.69, 9.17) is 24.2 Å². The minimum absolute atomic E-state index is 0.00245. The molecule has 74 heavy (non-hydrogen) atoms. The Morgan fingerprint density at radius 1 is 0.851 bits per heavy atom. The lowest BCUT2D eigenvalue weighted by Gasteiger charge is -2.60. The number of hydrogen-bond donors (Lipinski definition) is 2. The van der Waals surface area contributed by atoms with Gasteiger partial charge in [-0.2, -0.15) is 0 Å². The average Bonchev–Trinajstić information content (AvgIpc) is 3.40. The van der Waals surface area contributed by atoms with E-state index in [1.54, 1.807) is 71.6 Å². The molecule has 0 aromatic heterocycles. The quantitative estimate of drug-likeness (QED) is 0.0196. The van der Waals surface area contributed by atoms with E-state index in [1.807, 2.05) is 6.07 Å². The summed E-state index contributed by atoms with van der Waals surface area (Å²) in [5, 5.41) is 47.9. The van der Waals surface area contributed by atoms with Gasteiger partial charge in [-0.05, 0) is 127 Å². The Morgan fingerprint density at radius 2 is 1.53 bits per heavy atom. The zero-order valence-electron chi connectivity index (χ0n) is 40.7. The van der Waals surface area contributed by atoms with Crippen LogP contribution in [-0.2, 0) is 34.1 Å². The summed E-state index contributed by atoms with van der Waals surface area (Å²) >= 11 is 0. The molecule has 0 spiro atoms. The number of aliphatic hydroxyl groups excluding tert-OH is 2. The Bertz CT molecular complexity index is 2880. The number of rotatable bonds is 24. The molecule has 17 heteroatoms. The third-order valence-electron chi connectivity index (χ3n) is 14.0. The molecule has 5 aromatic rings. The molecule has 2 N–H and O–H groups in total. The van der Waals surface area contributed by atoms with Gasteiger partial charge in [0.25, 0.3) is 11.4 Å². The van der Waals surface area contributed by atoms with Gasteiger partial charge < -0.3 is 34.2 Å². The number of halogens is 2. The van der Waals surface area contributed by atoms with E-state index in [-0.39, 0.29) is 69.2 Å². The molecule has 1 saturated carbocycles. The van der Waals surface area contributed by atoms with Crippen molar-refractivity contribution in [3.8, 4) is 11.5 Å². The van der Waals surface area contributed by atoms with Crippen LogP contribution in [0.1, 0.15) is 78.7 Å². The van der Waals surface area contributed by atoms with Crippen LogP contribution in [0.5, 0.6) is 11.5 Å². The molecular formula is C57H58F2N4O11. The van der Waals surface area contributed by atoms with Crippen LogP contribution in [0.4, 0.5) is 20.2 Å². The zero-order valence-corrected chi connectivity index (χ0v) is 40.7. The number of nitro benzene ring substituents is 2. The van der Waals surface area contributed by atoms with Crippen molar-refractivity contribution < 1.29 is 52.7 Å². The van der Waals surface area contributed by atoms with Crippen molar-refractivity contribution in [3.05, 3.63) is 205 Å². The highest BCUT2D eigenvalue weighted by molar-refractivity contribution is 6.03. The van der Waals surface area contributed by atoms with Gasteiger partial charge >= 0.3 is 0 Å².